The van der Waals surface area contributed by atoms with E-state index in [1.165, 1.54) is 83.5 Å². The third kappa shape index (κ3) is 5.89. The molecule has 0 saturated heterocycles. The van der Waals surface area contributed by atoms with Gasteiger partial charge in [0, 0.05) is 16.5 Å². The highest BCUT2D eigenvalue weighted by Gasteiger charge is 2.53. The molecule has 1 heterocycles. The molecule has 2 aliphatic rings. The SMILES string of the molecule is CC1(C)c2ccccc2C2(c3ccc(-c4cccc(-c5ccc(-c6ccccc6)cc5)c4)cc3-c3c(-c4cc(-c5ccccc5)nc(-c5ccccc5)c4)cccc32)c2ccccc21. The van der Waals surface area contributed by atoms with Gasteiger partial charge in [0.15, 0.2) is 0 Å². The van der Waals surface area contributed by atoms with Crippen LogP contribution >= 0.6 is 0 Å². The van der Waals surface area contributed by atoms with Crippen LogP contribution in [0.25, 0.3) is 78.1 Å². The third-order valence-corrected chi connectivity index (χ3v) is 14.0. The maximum Gasteiger partial charge on any atom is 0.0719 e. The van der Waals surface area contributed by atoms with Gasteiger partial charge in [-0.1, -0.05) is 226 Å². The summed E-state index contributed by atoms with van der Waals surface area (Å²) in [5.74, 6) is 0. The summed E-state index contributed by atoms with van der Waals surface area (Å²) in [6, 6.07) is 87.1. The van der Waals surface area contributed by atoms with Crippen molar-refractivity contribution in [2.75, 3.05) is 0 Å². The second kappa shape index (κ2) is 14.9. The van der Waals surface area contributed by atoms with E-state index in [9.17, 15) is 0 Å². The molecule has 10 aromatic rings. The van der Waals surface area contributed by atoms with Crippen molar-refractivity contribution >= 4 is 0 Å². The van der Waals surface area contributed by atoms with Crippen LogP contribution in [0, 0.1) is 0 Å². The van der Waals surface area contributed by atoms with Gasteiger partial charge in [-0.3, -0.25) is 0 Å². The van der Waals surface area contributed by atoms with Gasteiger partial charge in [0.2, 0.25) is 0 Å². The molecule has 0 atom stereocenters. The van der Waals surface area contributed by atoms with Crippen molar-refractivity contribution in [3.8, 4) is 78.1 Å². The second-order valence-corrected chi connectivity index (χ2v) is 17.8. The molecular formula is C63H45N. The fourth-order valence-electron chi connectivity index (χ4n) is 10.9. The van der Waals surface area contributed by atoms with E-state index in [0.717, 1.165) is 28.1 Å². The number of hydrogen-bond donors (Lipinski definition) is 0. The summed E-state index contributed by atoms with van der Waals surface area (Å²) in [6.45, 7) is 4.78. The average molecular weight is 816 g/mol. The fourth-order valence-corrected chi connectivity index (χ4v) is 10.9. The Labute approximate surface area is 376 Å². The molecule has 1 nitrogen and oxygen atoms in total. The minimum absolute atomic E-state index is 0.182. The first-order chi connectivity index (χ1) is 31.5. The Kier molecular flexibility index (Phi) is 8.81. The summed E-state index contributed by atoms with van der Waals surface area (Å²) in [4.78, 5) is 5.30. The summed E-state index contributed by atoms with van der Waals surface area (Å²) in [7, 11) is 0. The van der Waals surface area contributed by atoms with Crippen LogP contribution in [0.5, 0.6) is 0 Å². The molecule has 1 heteroatoms. The zero-order chi connectivity index (χ0) is 42.8. The Bertz CT molecular complexity index is 3270. The molecule has 9 aromatic carbocycles. The first-order valence-electron chi connectivity index (χ1n) is 22.4. The van der Waals surface area contributed by atoms with Crippen LogP contribution in [0.1, 0.15) is 47.2 Å². The Balaban J connectivity index is 1.10. The molecule has 0 saturated carbocycles. The number of rotatable bonds is 6. The van der Waals surface area contributed by atoms with E-state index in [1.807, 2.05) is 0 Å². The van der Waals surface area contributed by atoms with Gasteiger partial charge < -0.3 is 0 Å². The Morgan fingerprint density at radius 1 is 0.266 bits per heavy atom. The predicted octanol–water partition coefficient (Wildman–Crippen LogP) is 16.1. The summed E-state index contributed by atoms with van der Waals surface area (Å²) in [5, 5.41) is 0. The molecule has 64 heavy (non-hydrogen) atoms. The van der Waals surface area contributed by atoms with Gasteiger partial charge in [-0.05, 0) is 113 Å². The first kappa shape index (κ1) is 37.9. The molecule has 302 valence electrons. The maximum atomic E-state index is 5.30. The number of hydrogen-bond acceptors (Lipinski definition) is 1. The molecule has 2 aliphatic carbocycles. The monoisotopic (exact) mass is 815 g/mol. The normalized spacial score (nSPS) is 13.7. The topological polar surface area (TPSA) is 12.9 Å². The van der Waals surface area contributed by atoms with Crippen LogP contribution in [0.15, 0.2) is 237 Å². The molecule has 1 aromatic heterocycles. The molecular weight excluding hydrogens is 771 g/mol. The van der Waals surface area contributed by atoms with Crippen LogP contribution < -0.4 is 0 Å². The molecule has 0 N–H and O–H groups in total. The van der Waals surface area contributed by atoms with Gasteiger partial charge in [-0.25, -0.2) is 4.98 Å². The highest BCUT2D eigenvalue weighted by molar-refractivity contribution is 5.99. The van der Waals surface area contributed by atoms with E-state index >= 15 is 0 Å². The van der Waals surface area contributed by atoms with E-state index in [2.05, 4.69) is 250 Å². The smallest absolute Gasteiger partial charge is 0.0719 e. The second-order valence-electron chi connectivity index (χ2n) is 17.8. The lowest BCUT2D eigenvalue weighted by Crippen LogP contribution is -2.40. The zero-order valence-corrected chi connectivity index (χ0v) is 36.0. The summed E-state index contributed by atoms with van der Waals surface area (Å²) < 4.78 is 0. The molecule has 0 unspecified atom stereocenters. The molecule has 0 amide bonds. The van der Waals surface area contributed by atoms with Crippen molar-refractivity contribution in [1.82, 2.24) is 4.98 Å². The van der Waals surface area contributed by atoms with Gasteiger partial charge in [-0.2, -0.15) is 0 Å². The van der Waals surface area contributed by atoms with Crippen LogP contribution in [-0.2, 0) is 10.8 Å². The summed E-state index contributed by atoms with van der Waals surface area (Å²) in [5.41, 5.74) is 23.6. The number of nitrogens with zero attached hydrogens (tertiary/aromatic N) is 1. The van der Waals surface area contributed by atoms with Gasteiger partial charge in [0.1, 0.15) is 0 Å². The predicted molar refractivity (Wildman–Crippen MR) is 266 cm³/mol. The zero-order valence-electron chi connectivity index (χ0n) is 36.0. The van der Waals surface area contributed by atoms with E-state index in [4.69, 9.17) is 4.98 Å². The van der Waals surface area contributed by atoms with Crippen LogP contribution in [0.3, 0.4) is 0 Å². The van der Waals surface area contributed by atoms with Crippen molar-refractivity contribution in [2.45, 2.75) is 24.7 Å². The van der Waals surface area contributed by atoms with E-state index in [0.29, 0.717) is 0 Å². The lowest BCUT2D eigenvalue weighted by atomic mass is 9.55. The minimum Gasteiger partial charge on any atom is -0.248 e. The van der Waals surface area contributed by atoms with Gasteiger partial charge in [-0.15, -0.1) is 0 Å². The minimum atomic E-state index is -0.526. The van der Waals surface area contributed by atoms with Gasteiger partial charge in [0.05, 0.1) is 16.8 Å². The van der Waals surface area contributed by atoms with Crippen molar-refractivity contribution in [1.29, 1.82) is 0 Å². The molecule has 0 radical (unpaired) electrons. The lowest BCUT2D eigenvalue weighted by Gasteiger charge is -2.46. The van der Waals surface area contributed by atoms with Crippen LogP contribution in [0.4, 0.5) is 0 Å². The number of fused-ring (bicyclic) bond motifs is 9. The number of aromatic nitrogens is 1. The van der Waals surface area contributed by atoms with E-state index in [-0.39, 0.29) is 5.41 Å². The van der Waals surface area contributed by atoms with Gasteiger partial charge in [0.25, 0.3) is 0 Å². The number of benzene rings is 9. The largest absolute Gasteiger partial charge is 0.248 e. The van der Waals surface area contributed by atoms with Crippen LogP contribution in [0.2, 0.25) is 0 Å². The molecule has 12 rings (SSSR count). The van der Waals surface area contributed by atoms with Crippen molar-refractivity contribution in [3.63, 3.8) is 0 Å². The quantitative estimate of drug-likeness (QED) is 0.163. The number of pyridine rings is 1. The lowest BCUT2D eigenvalue weighted by molar-refractivity contribution is 0.563. The average Bonchev–Trinajstić information content (AvgIpc) is 3.67. The van der Waals surface area contributed by atoms with E-state index in [1.54, 1.807) is 0 Å². The highest BCUT2D eigenvalue weighted by Crippen LogP contribution is 2.63. The Morgan fingerprint density at radius 2 is 0.672 bits per heavy atom. The fraction of sp³-hybridized carbons (Fsp3) is 0.0635. The summed E-state index contributed by atoms with van der Waals surface area (Å²) >= 11 is 0. The summed E-state index contributed by atoms with van der Waals surface area (Å²) in [6.07, 6.45) is 0. The van der Waals surface area contributed by atoms with Crippen molar-refractivity contribution in [3.05, 3.63) is 270 Å². The van der Waals surface area contributed by atoms with E-state index < -0.39 is 5.41 Å². The maximum absolute atomic E-state index is 5.30. The third-order valence-electron chi connectivity index (χ3n) is 14.0. The van der Waals surface area contributed by atoms with Gasteiger partial charge >= 0.3 is 0 Å². The standard InChI is InChI=1S/C63H45N/c1-62(2)54-27-12-14-29-56(54)63(57-30-15-13-28-55(57)62)53-37-36-49(48-25-16-24-47(38-48)44-34-32-43(33-35-44)42-18-6-3-7-19-42)39-52(53)61-51(26-17-31-58(61)63)50-40-59(45-20-8-4-9-21-45)64-60(41-50)46-22-10-5-11-23-46/h3-41H,1-2H3. The van der Waals surface area contributed by atoms with Crippen LogP contribution in [-0.4, -0.2) is 4.98 Å². The van der Waals surface area contributed by atoms with Crippen molar-refractivity contribution in [2.24, 2.45) is 0 Å². The molecule has 0 bridgehead atoms. The molecule has 0 aliphatic heterocycles. The Hall–Kier alpha value is -7.87. The van der Waals surface area contributed by atoms with Crippen molar-refractivity contribution < 1.29 is 0 Å². The Morgan fingerprint density at radius 3 is 1.25 bits per heavy atom. The molecule has 1 spiro atoms. The molecule has 0 fully saturated rings. The first-order valence-corrected chi connectivity index (χ1v) is 22.4. The highest BCUT2D eigenvalue weighted by atomic mass is 14.7.